The first-order chi connectivity index (χ1) is 12.3. The summed E-state index contributed by atoms with van der Waals surface area (Å²) in [6.07, 6.45) is 7.90. The summed E-state index contributed by atoms with van der Waals surface area (Å²) in [7, 11) is 0. The van der Waals surface area contributed by atoms with Crippen molar-refractivity contribution in [3.05, 3.63) is 35.5 Å². The standard InChI is InChI=1S/C20H20N4O/c21-12-17-11-16(7-6-15-4-5-15)8-9-19(17)20-14-24(23-22-20)13-18-3-1-2-10-25-18/h8-9,11,14-15,18H,1-5,10,13H2. The Morgan fingerprint density at radius 2 is 2.16 bits per heavy atom. The van der Waals surface area contributed by atoms with Gasteiger partial charge in [-0.15, -0.1) is 5.10 Å². The van der Waals surface area contributed by atoms with Crippen molar-refractivity contribution in [1.29, 1.82) is 5.26 Å². The fraction of sp³-hybridized carbons (Fsp3) is 0.450. The molecule has 1 atom stereocenters. The number of ether oxygens (including phenoxy) is 1. The normalized spacial score (nSPS) is 19.7. The molecule has 4 rings (SSSR count). The quantitative estimate of drug-likeness (QED) is 0.810. The number of nitrogens with zero attached hydrogens (tertiary/aromatic N) is 4. The summed E-state index contributed by atoms with van der Waals surface area (Å²) in [6.45, 7) is 1.54. The Morgan fingerprint density at radius 1 is 1.24 bits per heavy atom. The Balaban J connectivity index is 1.53. The van der Waals surface area contributed by atoms with E-state index >= 15 is 0 Å². The number of aromatic nitrogens is 3. The van der Waals surface area contributed by atoms with Crippen LogP contribution in [-0.4, -0.2) is 27.7 Å². The molecule has 0 bridgehead atoms. The second-order valence-corrected chi connectivity index (χ2v) is 6.73. The van der Waals surface area contributed by atoms with Crippen molar-refractivity contribution in [2.75, 3.05) is 6.61 Å². The van der Waals surface area contributed by atoms with Gasteiger partial charge >= 0.3 is 0 Å². The van der Waals surface area contributed by atoms with E-state index in [0.717, 1.165) is 30.6 Å². The van der Waals surface area contributed by atoms with Crippen LogP contribution in [0.3, 0.4) is 0 Å². The second-order valence-electron chi connectivity index (χ2n) is 6.73. The molecule has 0 radical (unpaired) electrons. The molecule has 126 valence electrons. The molecule has 1 saturated carbocycles. The second kappa shape index (κ2) is 7.09. The van der Waals surface area contributed by atoms with Gasteiger partial charge in [0.15, 0.2) is 0 Å². The van der Waals surface area contributed by atoms with Crippen LogP contribution in [0.15, 0.2) is 24.4 Å². The Hall–Kier alpha value is -2.63. The van der Waals surface area contributed by atoms with Gasteiger partial charge in [0.1, 0.15) is 5.69 Å². The monoisotopic (exact) mass is 332 g/mol. The molecule has 1 saturated heterocycles. The largest absolute Gasteiger partial charge is 0.376 e. The highest BCUT2D eigenvalue weighted by Crippen LogP contribution is 2.28. The summed E-state index contributed by atoms with van der Waals surface area (Å²) in [5.41, 5.74) is 2.99. The molecule has 1 aromatic carbocycles. The van der Waals surface area contributed by atoms with Gasteiger partial charge < -0.3 is 4.74 Å². The van der Waals surface area contributed by atoms with E-state index < -0.39 is 0 Å². The Bertz CT molecular complexity index is 858. The van der Waals surface area contributed by atoms with Gasteiger partial charge in [0.2, 0.25) is 0 Å². The first-order valence-corrected chi connectivity index (χ1v) is 8.89. The zero-order valence-corrected chi connectivity index (χ0v) is 14.1. The van der Waals surface area contributed by atoms with Crippen LogP contribution in [0.25, 0.3) is 11.3 Å². The lowest BCUT2D eigenvalue weighted by molar-refractivity contribution is 0.00370. The van der Waals surface area contributed by atoms with Gasteiger partial charge in [-0.05, 0) is 44.2 Å². The zero-order chi connectivity index (χ0) is 17.1. The van der Waals surface area contributed by atoms with Crippen LogP contribution >= 0.6 is 0 Å². The molecule has 2 aromatic rings. The van der Waals surface area contributed by atoms with E-state index in [4.69, 9.17) is 4.74 Å². The van der Waals surface area contributed by atoms with Crippen molar-refractivity contribution in [2.45, 2.75) is 44.8 Å². The molecule has 0 spiro atoms. The predicted molar refractivity (Wildman–Crippen MR) is 93.4 cm³/mol. The molecule has 0 N–H and O–H groups in total. The Morgan fingerprint density at radius 3 is 2.92 bits per heavy atom. The van der Waals surface area contributed by atoms with Crippen molar-refractivity contribution >= 4 is 0 Å². The van der Waals surface area contributed by atoms with Crippen LogP contribution in [-0.2, 0) is 11.3 Å². The molecular formula is C20H20N4O. The SMILES string of the molecule is N#Cc1cc(C#CC2CC2)ccc1-c1cn(CC2CCCCO2)nn1. The van der Waals surface area contributed by atoms with Crippen LogP contribution in [0.4, 0.5) is 0 Å². The molecule has 1 aromatic heterocycles. The minimum absolute atomic E-state index is 0.207. The fourth-order valence-electron chi connectivity index (χ4n) is 3.02. The van der Waals surface area contributed by atoms with E-state index in [1.165, 1.54) is 19.3 Å². The van der Waals surface area contributed by atoms with Gasteiger partial charge in [-0.1, -0.05) is 23.1 Å². The Kier molecular flexibility index (Phi) is 4.50. The summed E-state index contributed by atoms with van der Waals surface area (Å²) in [4.78, 5) is 0. The summed E-state index contributed by atoms with van der Waals surface area (Å²) in [6, 6.07) is 7.97. The maximum Gasteiger partial charge on any atom is 0.114 e. The lowest BCUT2D eigenvalue weighted by Gasteiger charge is -2.21. The van der Waals surface area contributed by atoms with Crippen molar-refractivity contribution in [3.8, 4) is 29.2 Å². The third-order valence-corrected chi connectivity index (χ3v) is 4.62. The van der Waals surface area contributed by atoms with Crippen LogP contribution in [0.2, 0.25) is 0 Å². The lowest BCUT2D eigenvalue weighted by Crippen LogP contribution is -2.24. The van der Waals surface area contributed by atoms with E-state index in [-0.39, 0.29) is 6.10 Å². The number of rotatable bonds is 3. The molecule has 1 unspecified atom stereocenters. The van der Waals surface area contributed by atoms with Gasteiger partial charge in [-0.2, -0.15) is 5.26 Å². The van der Waals surface area contributed by atoms with E-state index in [0.29, 0.717) is 23.7 Å². The zero-order valence-electron chi connectivity index (χ0n) is 14.1. The van der Waals surface area contributed by atoms with Crippen molar-refractivity contribution in [2.24, 2.45) is 5.92 Å². The smallest absolute Gasteiger partial charge is 0.114 e. The van der Waals surface area contributed by atoms with E-state index in [2.05, 4.69) is 28.2 Å². The maximum atomic E-state index is 9.49. The number of hydrogen-bond donors (Lipinski definition) is 0. The van der Waals surface area contributed by atoms with Crippen molar-refractivity contribution in [3.63, 3.8) is 0 Å². The molecule has 25 heavy (non-hydrogen) atoms. The van der Waals surface area contributed by atoms with Crippen LogP contribution in [0, 0.1) is 29.1 Å². The number of nitriles is 1. The summed E-state index contributed by atoms with van der Waals surface area (Å²) < 4.78 is 7.57. The maximum absolute atomic E-state index is 9.49. The average molecular weight is 332 g/mol. The number of hydrogen-bond acceptors (Lipinski definition) is 4. The third kappa shape index (κ3) is 3.90. The first-order valence-electron chi connectivity index (χ1n) is 8.89. The van der Waals surface area contributed by atoms with E-state index in [1.807, 2.05) is 29.1 Å². The van der Waals surface area contributed by atoms with Gasteiger partial charge in [0, 0.05) is 23.7 Å². The van der Waals surface area contributed by atoms with Crippen LogP contribution < -0.4 is 0 Å². The molecule has 2 aliphatic rings. The minimum Gasteiger partial charge on any atom is -0.376 e. The Labute approximate surface area is 147 Å². The van der Waals surface area contributed by atoms with Gasteiger partial charge in [0.05, 0.1) is 30.5 Å². The summed E-state index contributed by atoms with van der Waals surface area (Å²) >= 11 is 0. The van der Waals surface area contributed by atoms with Gasteiger partial charge in [0.25, 0.3) is 0 Å². The molecule has 1 aliphatic carbocycles. The number of benzene rings is 1. The molecule has 5 nitrogen and oxygen atoms in total. The van der Waals surface area contributed by atoms with E-state index in [1.54, 1.807) is 0 Å². The molecule has 0 amide bonds. The topological polar surface area (TPSA) is 63.7 Å². The minimum atomic E-state index is 0.207. The van der Waals surface area contributed by atoms with Crippen LogP contribution in [0.1, 0.15) is 43.2 Å². The highest BCUT2D eigenvalue weighted by molar-refractivity contribution is 5.68. The lowest BCUT2D eigenvalue weighted by atomic mass is 10.0. The molecule has 5 heteroatoms. The highest BCUT2D eigenvalue weighted by atomic mass is 16.5. The van der Waals surface area contributed by atoms with Gasteiger partial charge in [-0.3, -0.25) is 0 Å². The highest BCUT2D eigenvalue weighted by Gasteiger charge is 2.18. The van der Waals surface area contributed by atoms with Crippen molar-refractivity contribution in [1.82, 2.24) is 15.0 Å². The molecule has 2 heterocycles. The predicted octanol–water partition coefficient (Wildman–Crippen LogP) is 3.15. The summed E-state index contributed by atoms with van der Waals surface area (Å²) in [5, 5.41) is 17.9. The summed E-state index contributed by atoms with van der Waals surface area (Å²) in [5.74, 6) is 6.94. The van der Waals surface area contributed by atoms with Crippen LogP contribution in [0.5, 0.6) is 0 Å². The molecule has 1 aliphatic heterocycles. The average Bonchev–Trinajstić information content (AvgIpc) is 3.38. The van der Waals surface area contributed by atoms with E-state index in [9.17, 15) is 5.26 Å². The fourth-order valence-corrected chi connectivity index (χ4v) is 3.02. The molecule has 2 fully saturated rings. The first kappa shape index (κ1) is 15.9. The molecular weight excluding hydrogens is 312 g/mol. The van der Waals surface area contributed by atoms with Gasteiger partial charge in [-0.25, -0.2) is 4.68 Å². The third-order valence-electron chi connectivity index (χ3n) is 4.62. The van der Waals surface area contributed by atoms with Crippen molar-refractivity contribution < 1.29 is 4.74 Å².